The SMILES string of the molecule is CCCCC(CNC(=O)OC(C)(C)C)NC(=NC)NCc1ccc(O)c(F)c1. The molecule has 1 aromatic carbocycles. The molecule has 0 fully saturated rings. The lowest BCUT2D eigenvalue weighted by molar-refractivity contribution is 0.0522. The Morgan fingerprint density at radius 3 is 2.61 bits per heavy atom. The molecule has 1 aromatic rings. The second kappa shape index (κ2) is 11.4. The molecule has 1 amide bonds. The number of unbranched alkanes of at least 4 members (excludes halogenated alkanes) is 1. The number of hydrogen-bond donors (Lipinski definition) is 4. The minimum Gasteiger partial charge on any atom is -0.505 e. The number of halogens is 1. The van der Waals surface area contributed by atoms with Crippen molar-refractivity contribution in [2.75, 3.05) is 13.6 Å². The Kier molecular flexibility index (Phi) is 9.55. The number of benzene rings is 1. The molecular formula is C20H33FN4O3. The lowest BCUT2D eigenvalue weighted by atomic mass is 10.1. The number of hydrogen-bond acceptors (Lipinski definition) is 4. The molecule has 0 aliphatic heterocycles. The third kappa shape index (κ3) is 9.43. The van der Waals surface area contributed by atoms with Gasteiger partial charge in [0.15, 0.2) is 17.5 Å². The standard InChI is InChI=1S/C20H33FN4O3/c1-6-7-8-15(13-24-19(27)28-20(2,3)4)25-18(22-5)23-12-14-9-10-17(26)16(21)11-14/h9-11,15,26H,6-8,12-13H2,1-5H3,(H,24,27)(H2,22,23,25). The summed E-state index contributed by atoms with van der Waals surface area (Å²) in [6.45, 7) is 8.29. The van der Waals surface area contributed by atoms with Crippen molar-refractivity contribution in [3.8, 4) is 5.75 Å². The first-order valence-electron chi connectivity index (χ1n) is 9.56. The molecule has 0 bridgehead atoms. The number of carbonyl (C=O) groups is 1. The predicted octanol–water partition coefficient (Wildman–Crippen LogP) is 3.28. The quantitative estimate of drug-likeness (QED) is 0.400. The third-order valence-electron chi connectivity index (χ3n) is 3.83. The fraction of sp³-hybridized carbons (Fsp3) is 0.600. The number of phenols is 1. The molecule has 8 heteroatoms. The maximum atomic E-state index is 13.5. The molecule has 4 N–H and O–H groups in total. The normalized spacial score (nSPS) is 13.0. The molecule has 0 radical (unpaired) electrons. The van der Waals surface area contributed by atoms with Gasteiger partial charge in [0.05, 0.1) is 0 Å². The first kappa shape index (κ1) is 23.5. The zero-order valence-electron chi connectivity index (χ0n) is 17.4. The van der Waals surface area contributed by atoms with Crippen LogP contribution >= 0.6 is 0 Å². The van der Waals surface area contributed by atoms with Gasteiger partial charge in [0.2, 0.25) is 0 Å². The highest BCUT2D eigenvalue weighted by atomic mass is 19.1. The van der Waals surface area contributed by atoms with E-state index >= 15 is 0 Å². The van der Waals surface area contributed by atoms with E-state index in [1.54, 1.807) is 13.1 Å². The van der Waals surface area contributed by atoms with Gasteiger partial charge in [0.1, 0.15) is 5.60 Å². The number of guanidine groups is 1. The van der Waals surface area contributed by atoms with Crippen LogP contribution in [-0.2, 0) is 11.3 Å². The van der Waals surface area contributed by atoms with Gasteiger partial charge >= 0.3 is 6.09 Å². The summed E-state index contributed by atoms with van der Waals surface area (Å²) in [4.78, 5) is 16.1. The Bertz CT molecular complexity index is 659. The van der Waals surface area contributed by atoms with Crippen LogP contribution in [0.4, 0.5) is 9.18 Å². The van der Waals surface area contributed by atoms with Crippen molar-refractivity contribution in [2.45, 2.75) is 65.1 Å². The van der Waals surface area contributed by atoms with Gasteiger partial charge in [-0.2, -0.15) is 0 Å². The second-order valence-corrected chi connectivity index (χ2v) is 7.58. The van der Waals surface area contributed by atoms with Crippen molar-refractivity contribution in [1.29, 1.82) is 0 Å². The number of carbonyl (C=O) groups excluding carboxylic acids is 1. The molecule has 1 atom stereocenters. The van der Waals surface area contributed by atoms with Crippen molar-refractivity contribution < 1.29 is 19.0 Å². The summed E-state index contributed by atoms with van der Waals surface area (Å²) in [5.41, 5.74) is 0.128. The summed E-state index contributed by atoms with van der Waals surface area (Å²) in [6.07, 6.45) is 2.41. The molecule has 0 aliphatic rings. The highest BCUT2D eigenvalue weighted by molar-refractivity contribution is 5.80. The molecule has 7 nitrogen and oxygen atoms in total. The summed E-state index contributed by atoms with van der Waals surface area (Å²) in [7, 11) is 1.64. The summed E-state index contributed by atoms with van der Waals surface area (Å²) < 4.78 is 18.7. The van der Waals surface area contributed by atoms with Gasteiger partial charge in [-0.1, -0.05) is 25.8 Å². The van der Waals surface area contributed by atoms with Crippen LogP contribution in [0, 0.1) is 5.82 Å². The van der Waals surface area contributed by atoms with E-state index in [4.69, 9.17) is 4.74 Å². The van der Waals surface area contributed by atoms with Gasteiger partial charge in [0.25, 0.3) is 0 Å². The van der Waals surface area contributed by atoms with Gasteiger partial charge in [-0.3, -0.25) is 4.99 Å². The van der Waals surface area contributed by atoms with Gasteiger partial charge in [-0.25, -0.2) is 9.18 Å². The fourth-order valence-corrected chi connectivity index (χ4v) is 2.43. The van der Waals surface area contributed by atoms with E-state index in [0.29, 0.717) is 24.6 Å². The van der Waals surface area contributed by atoms with Gasteiger partial charge in [0, 0.05) is 26.2 Å². The molecular weight excluding hydrogens is 363 g/mol. The molecule has 0 saturated heterocycles. The zero-order valence-corrected chi connectivity index (χ0v) is 17.4. The Morgan fingerprint density at radius 2 is 2.04 bits per heavy atom. The second-order valence-electron chi connectivity index (χ2n) is 7.58. The number of ether oxygens (including phenoxy) is 1. The van der Waals surface area contributed by atoms with Crippen LogP contribution in [0.2, 0.25) is 0 Å². The van der Waals surface area contributed by atoms with E-state index in [9.17, 15) is 14.3 Å². The number of alkyl carbamates (subject to hydrolysis) is 1. The largest absolute Gasteiger partial charge is 0.505 e. The number of phenolic OH excluding ortho intramolecular Hbond substituents is 1. The molecule has 0 aromatic heterocycles. The van der Waals surface area contributed by atoms with Crippen LogP contribution in [0.5, 0.6) is 5.75 Å². The number of nitrogens with one attached hydrogen (secondary N) is 3. The molecule has 158 valence electrons. The maximum absolute atomic E-state index is 13.5. The first-order chi connectivity index (χ1) is 13.1. The van der Waals surface area contributed by atoms with Crippen LogP contribution in [-0.4, -0.2) is 42.4 Å². The van der Waals surface area contributed by atoms with Crippen LogP contribution < -0.4 is 16.0 Å². The smallest absolute Gasteiger partial charge is 0.407 e. The zero-order chi connectivity index (χ0) is 21.2. The van der Waals surface area contributed by atoms with Gasteiger partial charge < -0.3 is 25.8 Å². The van der Waals surface area contributed by atoms with E-state index in [0.717, 1.165) is 19.3 Å². The van der Waals surface area contributed by atoms with Gasteiger partial charge in [-0.15, -0.1) is 0 Å². The molecule has 0 aliphatic carbocycles. The van der Waals surface area contributed by atoms with Crippen LogP contribution in [0.25, 0.3) is 0 Å². The fourth-order valence-electron chi connectivity index (χ4n) is 2.43. The van der Waals surface area contributed by atoms with Crippen LogP contribution in [0.3, 0.4) is 0 Å². The number of rotatable bonds is 8. The first-order valence-corrected chi connectivity index (χ1v) is 9.56. The number of aromatic hydroxyl groups is 1. The Labute approximate surface area is 166 Å². The van der Waals surface area contributed by atoms with E-state index in [1.807, 2.05) is 20.8 Å². The van der Waals surface area contributed by atoms with Crippen molar-refractivity contribution in [2.24, 2.45) is 4.99 Å². The molecule has 0 spiro atoms. The Balaban J connectivity index is 2.60. The molecule has 1 rings (SSSR count). The van der Waals surface area contributed by atoms with Crippen molar-refractivity contribution in [3.63, 3.8) is 0 Å². The summed E-state index contributed by atoms with van der Waals surface area (Å²) in [6, 6.07) is 4.19. The van der Waals surface area contributed by atoms with E-state index < -0.39 is 17.5 Å². The lowest BCUT2D eigenvalue weighted by Crippen LogP contribution is -2.48. The minimum absolute atomic E-state index is 0.0322. The van der Waals surface area contributed by atoms with Crippen LogP contribution in [0.15, 0.2) is 23.2 Å². The number of nitrogens with zero attached hydrogens (tertiary/aromatic N) is 1. The average Bonchev–Trinajstić information content (AvgIpc) is 2.61. The Morgan fingerprint density at radius 1 is 1.32 bits per heavy atom. The summed E-state index contributed by atoms with van der Waals surface area (Å²) in [5, 5.41) is 18.4. The lowest BCUT2D eigenvalue weighted by Gasteiger charge is -2.24. The highest BCUT2D eigenvalue weighted by Crippen LogP contribution is 2.15. The molecule has 0 heterocycles. The monoisotopic (exact) mass is 396 g/mol. The number of aliphatic imine (C=N–C) groups is 1. The average molecular weight is 397 g/mol. The van der Waals surface area contributed by atoms with E-state index in [-0.39, 0.29) is 11.8 Å². The summed E-state index contributed by atoms with van der Waals surface area (Å²) in [5.74, 6) is -0.496. The van der Waals surface area contributed by atoms with E-state index in [2.05, 4.69) is 27.9 Å². The van der Waals surface area contributed by atoms with E-state index in [1.165, 1.54) is 12.1 Å². The van der Waals surface area contributed by atoms with Crippen molar-refractivity contribution in [1.82, 2.24) is 16.0 Å². The van der Waals surface area contributed by atoms with Crippen molar-refractivity contribution >= 4 is 12.1 Å². The maximum Gasteiger partial charge on any atom is 0.407 e. The molecule has 1 unspecified atom stereocenters. The molecule has 0 saturated carbocycles. The predicted molar refractivity (Wildman–Crippen MR) is 109 cm³/mol. The third-order valence-corrected chi connectivity index (χ3v) is 3.83. The topological polar surface area (TPSA) is 95.0 Å². The highest BCUT2D eigenvalue weighted by Gasteiger charge is 2.18. The molecule has 28 heavy (non-hydrogen) atoms. The minimum atomic E-state index is -0.662. The van der Waals surface area contributed by atoms with Crippen LogP contribution in [0.1, 0.15) is 52.5 Å². The number of amides is 1. The van der Waals surface area contributed by atoms with Crippen molar-refractivity contribution in [3.05, 3.63) is 29.6 Å². The summed E-state index contributed by atoms with van der Waals surface area (Å²) >= 11 is 0. The Hall–Kier alpha value is -2.51. The van der Waals surface area contributed by atoms with Gasteiger partial charge in [-0.05, 0) is 44.9 Å².